The average Bonchev–Trinajstić information content (AvgIpc) is 2.89. The Balaban J connectivity index is 1.84. The van der Waals surface area contributed by atoms with Gasteiger partial charge in [-0.15, -0.1) is 0 Å². The molecule has 6 heteroatoms. The van der Waals surface area contributed by atoms with Gasteiger partial charge in [-0.3, -0.25) is 9.59 Å². The molecule has 2 aromatic rings. The maximum absolute atomic E-state index is 12.6. The lowest BCUT2D eigenvalue weighted by Gasteiger charge is -2.12. The molecule has 0 aromatic heterocycles. The summed E-state index contributed by atoms with van der Waals surface area (Å²) >= 11 is 6.39. The van der Waals surface area contributed by atoms with Crippen LogP contribution in [0.4, 0.5) is 5.69 Å². The number of hydrogen-bond donors (Lipinski definition) is 0. The molecule has 4 nitrogen and oxygen atoms in total. The number of imide groups is 1. The number of rotatable bonds is 3. The van der Waals surface area contributed by atoms with Crippen molar-refractivity contribution in [2.75, 3.05) is 19.0 Å². The van der Waals surface area contributed by atoms with Crippen molar-refractivity contribution < 1.29 is 9.59 Å². The van der Waals surface area contributed by atoms with Crippen LogP contribution in [0.25, 0.3) is 6.08 Å². The van der Waals surface area contributed by atoms with E-state index in [9.17, 15) is 9.59 Å². The van der Waals surface area contributed by atoms with Gasteiger partial charge < -0.3 is 4.90 Å². The summed E-state index contributed by atoms with van der Waals surface area (Å²) in [6.07, 6.45) is 1.76. The molecule has 1 aliphatic rings. The molecule has 2 aromatic carbocycles. The van der Waals surface area contributed by atoms with Crippen molar-refractivity contribution in [2.45, 2.75) is 0 Å². The summed E-state index contributed by atoms with van der Waals surface area (Å²) in [6, 6.07) is 16.5. The van der Waals surface area contributed by atoms with Crippen LogP contribution in [0, 0.1) is 0 Å². The monoisotopic (exact) mass is 368 g/mol. The van der Waals surface area contributed by atoms with Crippen LogP contribution in [-0.2, 0) is 4.79 Å². The number of thioether (sulfide) groups is 1. The fourth-order valence-corrected chi connectivity index (χ4v) is 3.63. The second-order valence-corrected chi connectivity index (χ2v) is 7.35. The van der Waals surface area contributed by atoms with Crippen molar-refractivity contribution >= 4 is 51.9 Å². The largest absolute Gasteiger partial charge is 0.378 e. The molecule has 0 aliphatic carbocycles. The molecule has 1 aliphatic heterocycles. The summed E-state index contributed by atoms with van der Waals surface area (Å²) in [7, 11) is 3.94. The second-order valence-electron chi connectivity index (χ2n) is 5.67. The molecule has 3 rings (SSSR count). The Labute approximate surface area is 156 Å². The van der Waals surface area contributed by atoms with Crippen molar-refractivity contribution in [1.29, 1.82) is 0 Å². The first-order valence-electron chi connectivity index (χ1n) is 7.62. The number of benzene rings is 2. The molecule has 1 heterocycles. The number of carbonyl (C=O) groups excluding carboxylic acids is 2. The van der Waals surface area contributed by atoms with Crippen LogP contribution in [0.5, 0.6) is 0 Å². The van der Waals surface area contributed by atoms with E-state index in [0.717, 1.165) is 27.9 Å². The van der Waals surface area contributed by atoms with Crippen LogP contribution in [0.15, 0.2) is 59.5 Å². The molecular weight excluding hydrogens is 352 g/mol. The molecule has 0 unspecified atom stereocenters. The Hall–Kier alpha value is -2.44. The maximum Gasteiger partial charge on any atom is 0.273 e. The topological polar surface area (TPSA) is 40.6 Å². The minimum Gasteiger partial charge on any atom is -0.378 e. The molecule has 0 bridgehead atoms. The van der Waals surface area contributed by atoms with E-state index >= 15 is 0 Å². The van der Waals surface area contributed by atoms with Crippen LogP contribution in [0.3, 0.4) is 0 Å². The van der Waals surface area contributed by atoms with Crippen LogP contribution >= 0.6 is 24.0 Å². The Morgan fingerprint density at radius 3 is 2.32 bits per heavy atom. The Morgan fingerprint density at radius 2 is 1.72 bits per heavy atom. The Morgan fingerprint density at radius 1 is 1.08 bits per heavy atom. The lowest BCUT2D eigenvalue weighted by Crippen LogP contribution is -2.34. The number of hydrogen-bond acceptors (Lipinski definition) is 5. The molecule has 126 valence electrons. The van der Waals surface area contributed by atoms with Crippen molar-refractivity contribution in [3.63, 3.8) is 0 Å². The molecule has 0 N–H and O–H groups in total. The van der Waals surface area contributed by atoms with E-state index in [1.807, 2.05) is 49.3 Å². The predicted molar refractivity (Wildman–Crippen MR) is 107 cm³/mol. The first-order valence-corrected chi connectivity index (χ1v) is 8.84. The lowest BCUT2D eigenvalue weighted by atomic mass is 10.1. The maximum atomic E-state index is 12.6. The molecular formula is C19H16N2O2S2. The predicted octanol–water partition coefficient (Wildman–Crippen LogP) is 3.79. The molecule has 1 fully saturated rings. The highest BCUT2D eigenvalue weighted by Gasteiger charge is 2.37. The van der Waals surface area contributed by atoms with E-state index in [1.54, 1.807) is 30.3 Å². The van der Waals surface area contributed by atoms with Crippen molar-refractivity contribution in [3.05, 3.63) is 70.6 Å². The zero-order chi connectivity index (χ0) is 18.0. The highest BCUT2D eigenvalue weighted by atomic mass is 32.2. The highest BCUT2D eigenvalue weighted by Crippen LogP contribution is 2.33. The fraction of sp³-hybridized carbons (Fsp3) is 0.105. The van der Waals surface area contributed by atoms with Gasteiger partial charge in [-0.2, -0.15) is 0 Å². The minimum atomic E-state index is -0.394. The van der Waals surface area contributed by atoms with E-state index in [-0.39, 0.29) is 10.2 Å². The van der Waals surface area contributed by atoms with Gasteiger partial charge in [0.05, 0.1) is 4.91 Å². The van der Waals surface area contributed by atoms with Gasteiger partial charge in [0.2, 0.25) is 0 Å². The van der Waals surface area contributed by atoms with E-state index < -0.39 is 5.91 Å². The van der Waals surface area contributed by atoms with E-state index in [2.05, 4.69) is 0 Å². The van der Waals surface area contributed by atoms with E-state index in [0.29, 0.717) is 10.5 Å². The molecule has 2 amide bonds. The van der Waals surface area contributed by atoms with Crippen LogP contribution in [-0.4, -0.2) is 35.1 Å². The number of amides is 2. The summed E-state index contributed by atoms with van der Waals surface area (Å²) in [6.45, 7) is 0. The van der Waals surface area contributed by atoms with Gasteiger partial charge in [0.25, 0.3) is 11.8 Å². The summed E-state index contributed by atoms with van der Waals surface area (Å²) < 4.78 is 0.259. The smallest absolute Gasteiger partial charge is 0.273 e. The molecule has 0 atom stereocenters. The number of anilines is 1. The van der Waals surface area contributed by atoms with Gasteiger partial charge in [-0.1, -0.05) is 54.3 Å². The van der Waals surface area contributed by atoms with Gasteiger partial charge in [0, 0.05) is 25.3 Å². The third-order valence-electron chi connectivity index (χ3n) is 3.72. The number of thiocarbonyl (C=S) groups is 1. The van der Waals surface area contributed by atoms with Crippen molar-refractivity contribution in [2.24, 2.45) is 0 Å². The standard InChI is InChI=1S/C19H16N2O2S2/c1-20(2)15-10-8-13(9-11-15)12-16-18(23)21(19(24)25-16)17(22)14-6-4-3-5-7-14/h3-12H,1-2H3/b16-12-. The summed E-state index contributed by atoms with van der Waals surface area (Å²) in [5.41, 5.74) is 2.40. The first-order chi connectivity index (χ1) is 12.0. The van der Waals surface area contributed by atoms with Gasteiger partial charge in [0.15, 0.2) is 4.32 Å². The second kappa shape index (κ2) is 7.21. The fourth-order valence-electron chi connectivity index (χ4n) is 2.37. The van der Waals surface area contributed by atoms with Crippen LogP contribution < -0.4 is 4.90 Å². The first kappa shape index (κ1) is 17.4. The molecule has 1 saturated heterocycles. The SMILES string of the molecule is CN(C)c1ccc(/C=C2\SC(=S)N(C(=O)c3ccccc3)C2=O)cc1. The molecule has 0 saturated carbocycles. The normalized spacial score (nSPS) is 15.8. The Bertz CT molecular complexity index is 859. The molecule has 0 radical (unpaired) electrons. The van der Waals surface area contributed by atoms with Gasteiger partial charge in [-0.25, -0.2) is 4.90 Å². The van der Waals surface area contributed by atoms with E-state index in [1.165, 1.54) is 0 Å². The highest BCUT2D eigenvalue weighted by molar-refractivity contribution is 8.26. The van der Waals surface area contributed by atoms with Crippen molar-refractivity contribution in [3.8, 4) is 0 Å². The lowest BCUT2D eigenvalue weighted by molar-refractivity contribution is -0.120. The third kappa shape index (κ3) is 3.65. The molecule has 25 heavy (non-hydrogen) atoms. The number of nitrogens with zero attached hydrogens (tertiary/aromatic N) is 2. The van der Waals surface area contributed by atoms with E-state index in [4.69, 9.17) is 12.2 Å². The average molecular weight is 368 g/mol. The van der Waals surface area contributed by atoms with Gasteiger partial charge >= 0.3 is 0 Å². The van der Waals surface area contributed by atoms with Crippen LogP contribution in [0.2, 0.25) is 0 Å². The van der Waals surface area contributed by atoms with Gasteiger partial charge in [-0.05, 0) is 35.9 Å². The summed E-state index contributed by atoms with van der Waals surface area (Å²) in [5.74, 6) is -0.769. The van der Waals surface area contributed by atoms with Gasteiger partial charge in [0.1, 0.15) is 0 Å². The van der Waals surface area contributed by atoms with Crippen molar-refractivity contribution in [1.82, 2.24) is 4.90 Å². The summed E-state index contributed by atoms with van der Waals surface area (Å²) in [5, 5.41) is 0. The molecule has 0 spiro atoms. The number of carbonyl (C=O) groups is 2. The summed E-state index contributed by atoms with van der Waals surface area (Å²) in [4.78, 5) is 28.7. The third-order valence-corrected chi connectivity index (χ3v) is 5.03. The minimum absolute atomic E-state index is 0.259. The van der Waals surface area contributed by atoms with Crippen LogP contribution in [0.1, 0.15) is 15.9 Å². The Kier molecular flexibility index (Phi) is 5.01. The quantitative estimate of drug-likeness (QED) is 0.468. The zero-order valence-corrected chi connectivity index (χ0v) is 15.4. The zero-order valence-electron chi connectivity index (χ0n) is 13.8.